The van der Waals surface area contributed by atoms with Gasteiger partial charge in [-0.25, -0.2) is 0 Å². The summed E-state index contributed by atoms with van der Waals surface area (Å²) < 4.78 is 11.0. The summed E-state index contributed by atoms with van der Waals surface area (Å²) in [5.74, 6) is 0. The number of benzene rings is 1. The first kappa shape index (κ1) is 9.87. The molecule has 3 heteroatoms. The molecule has 1 aliphatic heterocycles. The first-order chi connectivity index (χ1) is 7.93. The molecule has 3 nitrogen and oxygen atoms in total. The minimum Gasteiger partial charge on any atom is -0.464 e. The quantitative estimate of drug-likeness (QED) is 0.835. The summed E-state index contributed by atoms with van der Waals surface area (Å²) in [4.78, 5) is 0. The molecule has 1 atom stereocenters. The van der Waals surface area contributed by atoms with Gasteiger partial charge in [-0.2, -0.15) is 0 Å². The molecule has 2 heterocycles. The highest BCUT2D eigenvalue weighted by Gasteiger charge is 2.15. The van der Waals surface area contributed by atoms with Gasteiger partial charge in [0.1, 0.15) is 5.58 Å². The van der Waals surface area contributed by atoms with Crippen molar-refractivity contribution in [3.05, 3.63) is 36.1 Å². The Bertz CT molecular complexity index is 471. The molecule has 1 aromatic carbocycles. The van der Waals surface area contributed by atoms with Crippen LogP contribution in [-0.4, -0.2) is 25.8 Å². The minimum absolute atomic E-state index is 0.412. The maximum absolute atomic E-state index is 5.52. The number of para-hydroxylation sites is 1. The van der Waals surface area contributed by atoms with Crippen molar-refractivity contribution in [1.82, 2.24) is 5.32 Å². The van der Waals surface area contributed by atoms with E-state index in [9.17, 15) is 0 Å². The van der Waals surface area contributed by atoms with Crippen LogP contribution in [0.5, 0.6) is 0 Å². The monoisotopic (exact) mass is 217 g/mol. The third-order valence-corrected chi connectivity index (χ3v) is 3.03. The van der Waals surface area contributed by atoms with E-state index in [2.05, 4.69) is 11.4 Å². The number of nitrogens with one attached hydrogen (secondary N) is 1. The highest BCUT2D eigenvalue weighted by molar-refractivity contribution is 5.80. The first-order valence-electron chi connectivity index (χ1n) is 5.70. The van der Waals surface area contributed by atoms with E-state index in [0.29, 0.717) is 6.04 Å². The minimum atomic E-state index is 0.412. The van der Waals surface area contributed by atoms with Gasteiger partial charge in [0, 0.05) is 18.0 Å². The fourth-order valence-corrected chi connectivity index (χ4v) is 2.21. The largest absolute Gasteiger partial charge is 0.464 e. The van der Waals surface area contributed by atoms with Crippen molar-refractivity contribution < 1.29 is 9.15 Å². The zero-order valence-electron chi connectivity index (χ0n) is 9.11. The zero-order valence-corrected chi connectivity index (χ0v) is 9.11. The molecule has 0 amide bonds. The summed E-state index contributed by atoms with van der Waals surface area (Å²) in [6.45, 7) is 2.56. The Labute approximate surface area is 94.4 Å². The van der Waals surface area contributed by atoms with Gasteiger partial charge >= 0.3 is 0 Å². The highest BCUT2D eigenvalue weighted by Crippen LogP contribution is 2.22. The van der Waals surface area contributed by atoms with Gasteiger partial charge < -0.3 is 14.5 Å². The third-order valence-electron chi connectivity index (χ3n) is 3.03. The maximum atomic E-state index is 5.52. The van der Waals surface area contributed by atoms with Crippen LogP contribution in [0, 0.1) is 0 Å². The van der Waals surface area contributed by atoms with Crippen LogP contribution in [0.15, 0.2) is 34.9 Å². The van der Waals surface area contributed by atoms with Crippen LogP contribution in [0.2, 0.25) is 0 Å². The second kappa shape index (κ2) is 4.28. The van der Waals surface area contributed by atoms with Gasteiger partial charge in [0.25, 0.3) is 0 Å². The predicted octanol–water partition coefficient (Wildman–Crippen LogP) is 1.96. The van der Waals surface area contributed by atoms with E-state index in [-0.39, 0.29) is 0 Å². The molecule has 0 radical (unpaired) electrons. The Hall–Kier alpha value is -1.32. The fraction of sp³-hybridized carbons (Fsp3) is 0.385. The van der Waals surface area contributed by atoms with Crippen molar-refractivity contribution in [1.29, 1.82) is 0 Å². The summed E-state index contributed by atoms with van der Waals surface area (Å²) in [6, 6.07) is 8.57. The van der Waals surface area contributed by atoms with Crippen LogP contribution in [-0.2, 0) is 11.2 Å². The molecule has 16 heavy (non-hydrogen) atoms. The molecule has 1 aromatic heterocycles. The molecule has 0 aliphatic carbocycles. The summed E-state index contributed by atoms with van der Waals surface area (Å²) in [5.41, 5.74) is 2.23. The number of hydrogen-bond acceptors (Lipinski definition) is 3. The van der Waals surface area contributed by atoms with Crippen LogP contribution in [0.1, 0.15) is 5.56 Å². The molecule has 1 saturated heterocycles. The van der Waals surface area contributed by atoms with Gasteiger partial charge in [-0.1, -0.05) is 18.2 Å². The molecular formula is C13H15NO2. The maximum Gasteiger partial charge on any atom is 0.134 e. The average Bonchev–Trinajstić information content (AvgIpc) is 2.74. The Balaban J connectivity index is 1.83. The van der Waals surface area contributed by atoms with Crippen molar-refractivity contribution in [2.45, 2.75) is 12.5 Å². The number of rotatable bonds is 2. The molecule has 0 spiro atoms. The molecule has 0 saturated carbocycles. The normalized spacial score (nSPS) is 21.4. The van der Waals surface area contributed by atoms with Gasteiger partial charge in [0.05, 0.1) is 19.5 Å². The van der Waals surface area contributed by atoms with E-state index in [1.54, 1.807) is 0 Å². The van der Waals surface area contributed by atoms with Crippen LogP contribution in [0.25, 0.3) is 11.0 Å². The SMILES string of the molecule is c1ccc2c(C[C@H]3COCCN3)coc2c1. The Morgan fingerprint density at radius 1 is 1.31 bits per heavy atom. The number of hydrogen-bond donors (Lipinski definition) is 1. The van der Waals surface area contributed by atoms with E-state index < -0.39 is 0 Å². The Morgan fingerprint density at radius 2 is 2.25 bits per heavy atom. The lowest BCUT2D eigenvalue weighted by Gasteiger charge is -2.23. The van der Waals surface area contributed by atoms with Crippen molar-refractivity contribution >= 4 is 11.0 Å². The lowest BCUT2D eigenvalue weighted by Crippen LogP contribution is -2.42. The van der Waals surface area contributed by atoms with Gasteiger partial charge in [0.15, 0.2) is 0 Å². The standard InChI is InChI=1S/C13H15NO2/c1-2-4-13-12(3-1)10(8-16-13)7-11-9-15-6-5-14-11/h1-4,8,11,14H,5-7,9H2/t11-/m0/s1. The fourth-order valence-electron chi connectivity index (χ4n) is 2.21. The third kappa shape index (κ3) is 1.84. The Kier molecular flexibility index (Phi) is 2.64. The van der Waals surface area contributed by atoms with Crippen LogP contribution in [0.4, 0.5) is 0 Å². The van der Waals surface area contributed by atoms with E-state index in [0.717, 1.165) is 31.8 Å². The van der Waals surface area contributed by atoms with Crippen molar-refractivity contribution in [3.8, 4) is 0 Å². The highest BCUT2D eigenvalue weighted by atomic mass is 16.5. The number of ether oxygens (including phenoxy) is 1. The van der Waals surface area contributed by atoms with E-state index in [1.807, 2.05) is 24.5 Å². The topological polar surface area (TPSA) is 34.4 Å². The summed E-state index contributed by atoms with van der Waals surface area (Å²) in [5, 5.41) is 4.67. The zero-order chi connectivity index (χ0) is 10.8. The average molecular weight is 217 g/mol. The lowest BCUT2D eigenvalue weighted by molar-refractivity contribution is 0.0770. The molecule has 84 valence electrons. The van der Waals surface area contributed by atoms with Crippen LogP contribution < -0.4 is 5.32 Å². The van der Waals surface area contributed by atoms with E-state index in [1.165, 1.54) is 10.9 Å². The van der Waals surface area contributed by atoms with Crippen molar-refractivity contribution in [3.63, 3.8) is 0 Å². The van der Waals surface area contributed by atoms with Gasteiger partial charge in [-0.15, -0.1) is 0 Å². The number of fused-ring (bicyclic) bond motifs is 1. The van der Waals surface area contributed by atoms with Gasteiger partial charge in [0.2, 0.25) is 0 Å². The molecular weight excluding hydrogens is 202 g/mol. The van der Waals surface area contributed by atoms with Gasteiger partial charge in [-0.05, 0) is 18.1 Å². The van der Waals surface area contributed by atoms with E-state index in [4.69, 9.17) is 9.15 Å². The second-order valence-electron chi connectivity index (χ2n) is 4.19. The van der Waals surface area contributed by atoms with Gasteiger partial charge in [-0.3, -0.25) is 0 Å². The molecule has 1 aliphatic rings. The second-order valence-corrected chi connectivity index (χ2v) is 4.19. The summed E-state index contributed by atoms with van der Waals surface area (Å²) in [6.07, 6.45) is 2.83. The molecule has 0 unspecified atom stereocenters. The van der Waals surface area contributed by atoms with E-state index >= 15 is 0 Å². The molecule has 2 aromatic rings. The van der Waals surface area contributed by atoms with Crippen LogP contribution in [0.3, 0.4) is 0 Å². The smallest absolute Gasteiger partial charge is 0.134 e. The number of morpholine rings is 1. The Morgan fingerprint density at radius 3 is 3.12 bits per heavy atom. The van der Waals surface area contributed by atoms with Crippen molar-refractivity contribution in [2.24, 2.45) is 0 Å². The predicted molar refractivity (Wildman–Crippen MR) is 62.5 cm³/mol. The number of furan rings is 1. The first-order valence-corrected chi connectivity index (χ1v) is 5.70. The summed E-state index contributed by atoms with van der Waals surface area (Å²) >= 11 is 0. The molecule has 3 rings (SSSR count). The van der Waals surface area contributed by atoms with Crippen LogP contribution >= 0.6 is 0 Å². The lowest BCUT2D eigenvalue weighted by atomic mass is 10.1. The van der Waals surface area contributed by atoms with Crippen molar-refractivity contribution in [2.75, 3.05) is 19.8 Å². The molecule has 1 fully saturated rings. The summed E-state index contributed by atoms with van der Waals surface area (Å²) in [7, 11) is 0. The molecule has 0 bridgehead atoms. The molecule has 1 N–H and O–H groups in total.